The van der Waals surface area contributed by atoms with Gasteiger partial charge in [-0.2, -0.15) is 0 Å². The molecule has 0 atom stereocenters. The average molecular weight is 369 g/mol. The quantitative estimate of drug-likeness (QED) is 0.664. The van der Waals surface area contributed by atoms with Gasteiger partial charge < -0.3 is 20.7 Å². The molecule has 7 heteroatoms. The maximum atomic E-state index is 12.2. The molecule has 0 spiro atoms. The molecule has 7 nitrogen and oxygen atoms in total. The number of ether oxygens (including phenoxy) is 1. The smallest absolute Gasteiger partial charge is 0.251 e. The van der Waals surface area contributed by atoms with Gasteiger partial charge in [0.05, 0.1) is 13.7 Å². The van der Waals surface area contributed by atoms with E-state index in [2.05, 4.69) is 16.0 Å². The standard InChI is InChI=1S/C20H23N3O4/c1-3-18(24)23-16-6-4-5-15(11-16)20(26)22-13-19(25)21-12-14-7-9-17(27-2)10-8-14/h4-11H,3,12-13H2,1-2H3,(H,21,25)(H,22,26)(H,23,24). The Balaban J connectivity index is 1.81. The van der Waals surface area contributed by atoms with Gasteiger partial charge >= 0.3 is 0 Å². The van der Waals surface area contributed by atoms with Crippen molar-refractivity contribution in [2.45, 2.75) is 19.9 Å². The molecule has 0 aliphatic carbocycles. The minimum atomic E-state index is -0.387. The van der Waals surface area contributed by atoms with E-state index in [-0.39, 0.29) is 24.3 Å². The highest BCUT2D eigenvalue weighted by molar-refractivity contribution is 5.98. The second-order valence-corrected chi connectivity index (χ2v) is 5.79. The molecule has 0 unspecified atom stereocenters. The number of rotatable bonds is 8. The van der Waals surface area contributed by atoms with E-state index >= 15 is 0 Å². The molecule has 0 saturated heterocycles. The van der Waals surface area contributed by atoms with Crippen LogP contribution in [0.2, 0.25) is 0 Å². The summed E-state index contributed by atoms with van der Waals surface area (Å²) < 4.78 is 5.08. The van der Waals surface area contributed by atoms with Crippen LogP contribution in [0.5, 0.6) is 5.75 Å². The molecule has 3 amide bonds. The molecule has 2 aromatic rings. The number of carbonyl (C=O) groups excluding carboxylic acids is 3. The zero-order chi connectivity index (χ0) is 19.6. The predicted molar refractivity (Wildman–Crippen MR) is 103 cm³/mol. The molecule has 2 aromatic carbocycles. The minimum Gasteiger partial charge on any atom is -0.497 e. The van der Waals surface area contributed by atoms with Crippen molar-refractivity contribution in [2.75, 3.05) is 19.0 Å². The second kappa shape index (κ2) is 9.96. The average Bonchev–Trinajstić information content (AvgIpc) is 2.70. The molecule has 0 aromatic heterocycles. The highest BCUT2D eigenvalue weighted by Gasteiger charge is 2.09. The van der Waals surface area contributed by atoms with E-state index in [1.54, 1.807) is 38.3 Å². The number of hydrogen-bond acceptors (Lipinski definition) is 4. The molecule has 3 N–H and O–H groups in total. The fraction of sp³-hybridized carbons (Fsp3) is 0.250. The molecule has 0 saturated carbocycles. The molecule has 0 heterocycles. The number of methoxy groups -OCH3 is 1. The molecular formula is C20H23N3O4. The lowest BCUT2D eigenvalue weighted by molar-refractivity contribution is -0.120. The van der Waals surface area contributed by atoms with Gasteiger partial charge in [-0.3, -0.25) is 14.4 Å². The molecule has 0 aliphatic heterocycles. The van der Waals surface area contributed by atoms with Crippen LogP contribution in [0.25, 0.3) is 0 Å². The van der Waals surface area contributed by atoms with Crippen LogP contribution in [-0.2, 0) is 16.1 Å². The first-order valence-electron chi connectivity index (χ1n) is 8.59. The van der Waals surface area contributed by atoms with Gasteiger partial charge in [0, 0.05) is 24.2 Å². The van der Waals surface area contributed by atoms with Crippen LogP contribution in [-0.4, -0.2) is 31.4 Å². The Labute approximate surface area is 158 Å². The lowest BCUT2D eigenvalue weighted by Gasteiger charge is -2.09. The van der Waals surface area contributed by atoms with Gasteiger partial charge in [0.1, 0.15) is 5.75 Å². The van der Waals surface area contributed by atoms with E-state index in [9.17, 15) is 14.4 Å². The Hall–Kier alpha value is -3.35. The number of benzene rings is 2. The normalized spacial score (nSPS) is 10.0. The Morgan fingerprint density at radius 2 is 1.70 bits per heavy atom. The van der Waals surface area contributed by atoms with E-state index in [1.165, 1.54) is 0 Å². The fourth-order valence-corrected chi connectivity index (χ4v) is 2.26. The van der Waals surface area contributed by atoms with Crippen molar-refractivity contribution in [1.82, 2.24) is 10.6 Å². The third-order valence-corrected chi connectivity index (χ3v) is 3.79. The van der Waals surface area contributed by atoms with Gasteiger partial charge in [-0.15, -0.1) is 0 Å². The van der Waals surface area contributed by atoms with E-state index in [1.807, 2.05) is 24.3 Å². The van der Waals surface area contributed by atoms with Crippen LogP contribution < -0.4 is 20.7 Å². The van der Waals surface area contributed by atoms with Crippen molar-refractivity contribution in [2.24, 2.45) is 0 Å². The monoisotopic (exact) mass is 369 g/mol. The third kappa shape index (κ3) is 6.47. The van der Waals surface area contributed by atoms with E-state index in [0.29, 0.717) is 24.2 Å². The van der Waals surface area contributed by atoms with Gasteiger partial charge in [0.25, 0.3) is 5.91 Å². The van der Waals surface area contributed by atoms with Gasteiger partial charge in [-0.05, 0) is 35.9 Å². The molecule has 142 valence electrons. The topological polar surface area (TPSA) is 96.5 Å². The van der Waals surface area contributed by atoms with Crippen molar-refractivity contribution in [3.8, 4) is 5.75 Å². The van der Waals surface area contributed by atoms with Crippen molar-refractivity contribution < 1.29 is 19.1 Å². The molecule has 2 rings (SSSR count). The summed E-state index contributed by atoms with van der Waals surface area (Å²) in [5, 5.41) is 7.99. The molecule has 27 heavy (non-hydrogen) atoms. The first-order chi connectivity index (χ1) is 13.0. The van der Waals surface area contributed by atoms with Gasteiger partial charge in [-0.1, -0.05) is 25.1 Å². The maximum Gasteiger partial charge on any atom is 0.251 e. The van der Waals surface area contributed by atoms with Crippen LogP contribution in [0.4, 0.5) is 5.69 Å². The maximum absolute atomic E-state index is 12.2. The van der Waals surface area contributed by atoms with E-state index in [4.69, 9.17) is 4.74 Å². The fourth-order valence-electron chi connectivity index (χ4n) is 2.26. The van der Waals surface area contributed by atoms with Crippen LogP contribution >= 0.6 is 0 Å². The minimum absolute atomic E-state index is 0.134. The number of hydrogen-bond donors (Lipinski definition) is 3. The number of anilines is 1. The van der Waals surface area contributed by atoms with Crippen LogP contribution in [0, 0.1) is 0 Å². The summed E-state index contributed by atoms with van der Waals surface area (Å²) in [6.07, 6.45) is 0.352. The van der Waals surface area contributed by atoms with E-state index < -0.39 is 0 Å². The summed E-state index contributed by atoms with van der Waals surface area (Å²) in [6.45, 7) is 1.97. The number of amides is 3. The van der Waals surface area contributed by atoms with Crippen LogP contribution in [0.15, 0.2) is 48.5 Å². The Morgan fingerprint density at radius 1 is 0.963 bits per heavy atom. The summed E-state index contributed by atoms with van der Waals surface area (Å²) in [5.41, 5.74) is 1.83. The summed E-state index contributed by atoms with van der Waals surface area (Å²) in [5.74, 6) is -0.0723. The summed E-state index contributed by atoms with van der Waals surface area (Å²) in [6, 6.07) is 13.9. The Kier molecular flexibility index (Phi) is 7.37. The Morgan fingerprint density at radius 3 is 2.37 bits per heavy atom. The molecule has 0 bridgehead atoms. The van der Waals surface area contributed by atoms with Crippen molar-refractivity contribution in [3.05, 3.63) is 59.7 Å². The summed E-state index contributed by atoms with van der Waals surface area (Å²) >= 11 is 0. The molecule has 0 aliphatic rings. The Bertz CT molecular complexity index is 803. The zero-order valence-corrected chi connectivity index (χ0v) is 15.4. The van der Waals surface area contributed by atoms with Crippen molar-refractivity contribution in [3.63, 3.8) is 0 Å². The molecule has 0 fully saturated rings. The van der Waals surface area contributed by atoms with Gasteiger partial charge in [0.2, 0.25) is 11.8 Å². The lowest BCUT2D eigenvalue weighted by atomic mass is 10.2. The van der Waals surface area contributed by atoms with E-state index in [0.717, 1.165) is 11.3 Å². The van der Waals surface area contributed by atoms with Crippen molar-refractivity contribution in [1.29, 1.82) is 0 Å². The lowest BCUT2D eigenvalue weighted by Crippen LogP contribution is -2.36. The molecular weight excluding hydrogens is 346 g/mol. The van der Waals surface area contributed by atoms with Gasteiger partial charge in [-0.25, -0.2) is 0 Å². The SMILES string of the molecule is CCC(=O)Nc1cccc(C(=O)NCC(=O)NCc2ccc(OC)cc2)c1. The number of carbonyl (C=O) groups is 3. The largest absolute Gasteiger partial charge is 0.497 e. The molecule has 0 radical (unpaired) electrons. The van der Waals surface area contributed by atoms with Crippen molar-refractivity contribution >= 4 is 23.4 Å². The zero-order valence-electron chi connectivity index (χ0n) is 15.4. The highest BCUT2D eigenvalue weighted by atomic mass is 16.5. The number of nitrogens with one attached hydrogen (secondary N) is 3. The highest BCUT2D eigenvalue weighted by Crippen LogP contribution is 2.12. The first kappa shape index (κ1) is 20.0. The summed E-state index contributed by atoms with van der Waals surface area (Å²) in [4.78, 5) is 35.5. The van der Waals surface area contributed by atoms with Crippen LogP contribution in [0.3, 0.4) is 0 Å². The first-order valence-corrected chi connectivity index (χ1v) is 8.59. The predicted octanol–water partition coefficient (Wildman–Crippen LogP) is 2.09. The van der Waals surface area contributed by atoms with Crippen LogP contribution in [0.1, 0.15) is 29.3 Å². The third-order valence-electron chi connectivity index (χ3n) is 3.79. The van der Waals surface area contributed by atoms with Gasteiger partial charge in [0.15, 0.2) is 0 Å². The summed E-state index contributed by atoms with van der Waals surface area (Å²) in [7, 11) is 1.59. The second-order valence-electron chi connectivity index (χ2n) is 5.79.